The van der Waals surface area contributed by atoms with Crippen LogP contribution in [0.25, 0.3) is 0 Å². The first-order valence-corrected chi connectivity index (χ1v) is 14.1. The summed E-state index contributed by atoms with van der Waals surface area (Å²) >= 11 is 0. The first-order valence-electron chi connectivity index (χ1n) is 12.8. The van der Waals surface area contributed by atoms with Crippen molar-refractivity contribution in [2.24, 2.45) is 10.2 Å². The Hall–Kier alpha value is -5.19. The van der Waals surface area contributed by atoms with Crippen LogP contribution in [0.5, 0.6) is 11.5 Å². The lowest BCUT2D eigenvalue weighted by Crippen LogP contribution is -3.10. The van der Waals surface area contributed by atoms with Crippen LogP contribution in [0.4, 0.5) is 22.7 Å². The average Bonchev–Trinajstić information content (AvgIpc) is 3.57. The minimum absolute atomic E-state index is 0.252. The second-order valence-electron chi connectivity index (χ2n) is 9.11. The zero-order valence-corrected chi connectivity index (χ0v) is 23.9. The molecule has 0 saturated carbocycles. The van der Waals surface area contributed by atoms with Gasteiger partial charge in [-0.3, -0.25) is 8.42 Å². The quantitative estimate of drug-likeness (QED) is 0.145. The molecule has 0 spiro atoms. The number of hydrazine groups is 2. The van der Waals surface area contributed by atoms with Crippen molar-refractivity contribution in [3.05, 3.63) is 109 Å². The van der Waals surface area contributed by atoms with E-state index in [4.69, 9.17) is 17.5 Å². The van der Waals surface area contributed by atoms with Gasteiger partial charge in [-0.1, -0.05) is 56.9 Å². The molecule has 0 amide bonds. The topological polar surface area (TPSA) is 185 Å². The Bertz CT molecular complexity index is 1540. The minimum Gasteiger partial charge on any atom is -0.759 e. The van der Waals surface area contributed by atoms with E-state index in [9.17, 15) is 10.2 Å². The van der Waals surface area contributed by atoms with Gasteiger partial charge >= 0.3 is 0 Å². The molecule has 0 radical (unpaired) electrons. The summed E-state index contributed by atoms with van der Waals surface area (Å²) in [5.41, 5.74) is 10.3. The number of amidine groups is 2. The number of benzene rings is 4. The number of aromatic hydroxyl groups is 2. The molecule has 2 heterocycles. The van der Waals surface area contributed by atoms with Gasteiger partial charge in [0, 0.05) is 48.5 Å². The van der Waals surface area contributed by atoms with E-state index < -0.39 is 10.4 Å². The van der Waals surface area contributed by atoms with E-state index in [-0.39, 0.29) is 11.5 Å². The van der Waals surface area contributed by atoms with Crippen molar-refractivity contribution in [2.75, 3.05) is 10.2 Å². The standard InChI is InChI=1S/2C14H14N4O.H2O4S/c2*1-11-15-17(12-5-3-2-4-6-12)18(16-11)13-7-9-14(19)10-8-13;1-5(2,3)4/h2*2-10,19H,1H3,(H,15,16);(H2,1,2,3,4). The van der Waals surface area contributed by atoms with Crippen LogP contribution >= 0.6 is 0 Å². The smallest absolute Gasteiger partial charge is 0.184 e. The third kappa shape index (κ3) is 8.90. The van der Waals surface area contributed by atoms with Gasteiger partial charge in [0.2, 0.25) is 0 Å². The largest absolute Gasteiger partial charge is 0.759 e. The molecule has 0 fully saturated rings. The van der Waals surface area contributed by atoms with Crippen molar-refractivity contribution in [3.63, 3.8) is 0 Å². The molecule has 2 unspecified atom stereocenters. The second kappa shape index (κ2) is 13.6. The number of nitrogens with one attached hydrogen (secondary N) is 4. The average molecular weight is 607 g/mol. The van der Waals surface area contributed by atoms with E-state index in [2.05, 4.69) is 21.1 Å². The fourth-order valence-electron chi connectivity index (χ4n) is 4.04. The number of quaternary nitrogens is 2. The van der Waals surface area contributed by atoms with E-state index in [1.807, 2.05) is 109 Å². The maximum absolute atomic E-state index is 9.36. The van der Waals surface area contributed by atoms with Crippen LogP contribution < -0.4 is 31.3 Å². The molecule has 6 N–H and O–H groups in total. The van der Waals surface area contributed by atoms with Crippen molar-refractivity contribution in [1.82, 2.24) is 10.9 Å². The first kappa shape index (κ1) is 30.8. The number of nitrogens with zero attached hydrogens (tertiary/aromatic N) is 4. The number of rotatable bonds is 4. The van der Waals surface area contributed by atoms with E-state index in [0.717, 1.165) is 44.7 Å². The zero-order chi connectivity index (χ0) is 31.0. The Morgan fingerprint density at radius 1 is 0.605 bits per heavy atom. The number of hydrogen-bond acceptors (Lipinski definition) is 12. The maximum atomic E-state index is 9.36. The highest BCUT2D eigenvalue weighted by molar-refractivity contribution is 7.79. The predicted molar refractivity (Wildman–Crippen MR) is 158 cm³/mol. The molecule has 4 aromatic carbocycles. The highest BCUT2D eigenvalue weighted by atomic mass is 32.3. The highest BCUT2D eigenvalue weighted by Gasteiger charge is 2.30. The molecular formula is C28H30N8O6S. The SMILES string of the molecule is CC1=N[NH+](c2ccccc2)N(c2ccc(O)cc2)N1.CC1=N[NH+](c2ccccc2)N(c2ccc(O)cc2)N1.O=S(=O)([O-])[O-]. The third-order valence-electron chi connectivity index (χ3n) is 5.80. The molecule has 0 aliphatic carbocycles. The molecule has 2 atom stereocenters. The van der Waals surface area contributed by atoms with E-state index in [0.29, 0.717) is 0 Å². The van der Waals surface area contributed by atoms with Crippen LogP contribution in [0.3, 0.4) is 0 Å². The fraction of sp³-hybridized carbons (Fsp3) is 0.0714. The van der Waals surface area contributed by atoms with Crippen molar-refractivity contribution < 1.29 is 38.0 Å². The summed E-state index contributed by atoms with van der Waals surface area (Å²) in [7, 11) is -5.17. The molecule has 2 aliphatic rings. The third-order valence-corrected chi connectivity index (χ3v) is 5.80. The lowest BCUT2D eigenvalue weighted by molar-refractivity contribution is -0.846. The number of hydrogen-bond donors (Lipinski definition) is 6. The number of phenolic OH excluding ortho intramolecular Hbond substituents is 2. The summed E-state index contributed by atoms with van der Waals surface area (Å²) in [4.78, 5) is 0. The lowest BCUT2D eigenvalue weighted by Gasteiger charge is -2.21. The van der Waals surface area contributed by atoms with Crippen molar-refractivity contribution >= 4 is 44.8 Å². The predicted octanol–water partition coefficient (Wildman–Crippen LogP) is 1.03. The van der Waals surface area contributed by atoms with E-state index >= 15 is 0 Å². The zero-order valence-electron chi connectivity index (χ0n) is 23.1. The van der Waals surface area contributed by atoms with Gasteiger partial charge in [-0.2, -0.15) is 0 Å². The van der Waals surface area contributed by atoms with Crippen molar-refractivity contribution in [3.8, 4) is 11.5 Å². The van der Waals surface area contributed by atoms with Gasteiger partial charge < -0.3 is 19.3 Å². The molecule has 0 saturated heterocycles. The maximum Gasteiger partial charge on any atom is 0.184 e. The van der Waals surface area contributed by atoms with Crippen LogP contribution in [-0.4, -0.2) is 39.4 Å². The van der Waals surface area contributed by atoms with Crippen molar-refractivity contribution in [2.45, 2.75) is 13.8 Å². The molecule has 2 aliphatic heterocycles. The summed E-state index contributed by atoms with van der Waals surface area (Å²) in [5, 5.41) is 33.3. The molecule has 43 heavy (non-hydrogen) atoms. The Kier molecular flexibility index (Phi) is 9.76. The van der Waals surface area contributed by atoms with Crippen LogP contribution in [0.15, 0.2) is 119 Å². The monoisotopic (exact) mass is 606 g/mol. The molecular weight excluding hydrogens is 576 g/mol. The molecule has 15 heteroatoms. The molecule has 224 valence electrons. The first-order chi connectivity index (χ1) is 20.5. The van der Waals surface area contributed by atoms with Crippen LogP contribution in [0.2, 0.25) is 0 Å². The Labute approximate surface area is 248 Å². The summed E-state index contributed by atoms with van der Waals surface area (Å²) in [6.07, 6.45) is 0. The molecule has 6 rings (SSSR count). The second-order valence-corrected chi connectivity index (χ2v) is 9.93. The van der Waals surface area contributed by atoms with Gasteiger partial charge in [-0.25, -0.2) is 10.9 Å². The summed E-state index contributed by atoms with van der Waals surface area (Å²) in [6.45, 7) is 3.84. The molecule has 14 nitrogen and oxygen atoms in total. The molecule has 0 aromatic heterocycles. The molecule has 4 aromatic rings. The molecule has 0 bridgehead atoms. The van der Waals surface area contributed by atoms with Gasteiger partial charge in [-0.15, -0.1) is 0 Å². The van der Waals surface area contributed by atoms with Crippen LogP contribution in [0, 0.1) is 0 Å². The summed E-state index contributed by atoms with van der Waals surface area (Å²) in [6, 6.07) is 34.0. The highest BCUT2D eigenvalue weighted by Crippen LogP contribution is 2.18. The summed E-state index contributed by atoms with van der Waals surface area (Å²) in [5.74, 6) is 2.18. The Balaban J connectivity index is 0.000000171. The summed E-state index contributed by atoms with van der Waals surface area (Å²) < 4.78 is 34.1. The number of anilines is 2. The van der Waals surface area contributed by atoms with E-state index in [1.54, 1.807) is 24.3 Å². The van der Waals surface area contributed by atoms with Gasteiger partial charge in [0.1, 0.15) is 22.9 Å². The van der Waals surface area contributed by atoms with Crippen LogP contribution in [-0.2, 0) is 10.4 Å². The Morgan fingerprint density at radius 2 is 0.907 bits per heavy atom. The Morgan fingerprint density at radius 3 is 1.21 bits per heavy atom. The van der Waals surface area contributed by atoms with Crippen molar-refractivity contribution in [1.29, 1.82) is 0 Å². The van der Waals surface area contributed by atoms with Crippen LogP contribution in [0.1, 0.15) is 13.8 Å². The number of phenols is 2. The fourth-order valence-corrected chi connectivity index (χ4v) is 4.04. The minimum atomic E-state index is -5.17. The van der Waals surface area contributed by atoms with Gasteiger partial charge in [0.25, 0.3) is 0 Å². The lowest BCUT2D eigenvalue weighted by atomic mass is 10.3. The van der Waals surface area contributed by atoms with Gasteiger partial charge in [-0.05, 0) is 58.7 Å². The van der Waals surface area contributed by atoms with Gasteiger partial charge in [0.15, 0.2) is 23.0 Å². The van der Waals surface area contributed by atoms with E-state index in [1.165, 1.54) is 0 Å². The van der Waals surface area contributed by atoms with Gasteiger partial charge in [0.05, 0.1) is 0 Å². The normalized spacial score (nSPS) is 17.3.